The first-order valence-electron chi connectivity index (χ1n) is 7.06. The van der Waals surface area contributed by atoms with Gasteiger partial charge in [0.15, 0.2) is 0 Å². The number of hydrogen-bond donors (Lipinski definition) is 1. The van der Waals surface area contributed by atoms with Crippen LogP contribution in [0.25, 0.3) is 0 Å². The summed E-state index contributed by atoms with van der Waals surface area (Å²) in [5, 5.41) is 3.65. The Balaban J connectivity index is 0.000000885. The van der Waals surface area contributed by atoms with Crippen molar-refractivity contribution in [1.29, 1.82) is 0 Å². The fourth-order valence-corrected chi connectivity index (χ4v) is 1.43. The minimum absolute atomic E-state index is 0.453. The predicted molar refractivity (Wildman–Crippen MR) is 93.6 cm³/mol. The molecule has 0 bridgehead atoms. The molecule has 1 aromatic rings. The maximum absolute atomic E-state index is 6.05. The van der Waals surface area contributed by atoms with Crippen LogP contribution in [-0.2, 0) is 11.3 Å². The summed E-state index contributed by atoms with van der Waals surface area (Å²) < 4.78 is 5.65. The molecule has 0 aliphatic heterocycles. The molecular formula is C18H26ClNO. The van der Waals surface area contributed by atoms with Gasteiger partial charge in [-0.15, -0.1) is 0 Å². The monoisotopic (exact) mass is 307 g/mol. The predicted octanol–water partition coefficient (Wildman–Crippen LogP) is 5.12. The van der Waals surface area contributed by atoms with E-state index in [1.165, 1.54) is 0 Å². The third-order valence-electron chi connectivity index (χ3n) is 2.73. The SMILES string of the molecule is C=C/C(=C\C(C)=C/C)OCc1ccccc1Cl.CCNC. The summed E-state index contributed by atoms with van der Waals surface area (Å²) in [4.78, 5) is 0. The lowest BCUT2D eigenvalue weighted by atomic mass is 10.2. The quantitative estimate of drug-likeness (QED) is 0.582. The Morgan fingerprint density at radius 3 is 2.48 bits per heavy atom. The highest BCUT2D eigenvalue weighted by Gasteiger charge is 2.00. The smallest absolute Gasteiger partial charge is 0.119 e. The Kier molecular flexibility index (Phi) is 11.4. The first kappa shape index (κ1) is 19.5. The number of allylic oxidation sites excluding steroid dienone is 4. The average molecular weight is 308 g/mol. The number of ether oxygens (including phenoxy) is 1. The van der Waals surface area contributed by atoms with Gasteiger partial charge < -0.3 is 10.1 Å². The van der Waals surface area contributed by atoms with Gasteiger partial charge in [-0.3, -0.25) is 0 Å². The molecule has 0 spiro atoms. The van der Waals surface area contributed by atoms with E-state index in [0.717, 1.165) is 28.5 Å². The van der Waals surface area contributed by atoms with Crippen LogP contribution in [0.3, 0.4) is 0 Å². The van der Waals surface area contributed by atoms with Gasteiger partial charge in [0, 0.05) is 10.6 Å². The molecule has 3 heteroatoms. The summed E-state index contributed by atoms with van der Waals surface area (Å²) in [5.74, 6) is 0.750. The fraction of sp³-hybridized carbons (Fsp3) is 0.333. The zero-order valence-corrected chi connectivity index (χ0v) is 14.2. The molecule has 0 saturated heterocycles. The number of hydrogen-bond acceptors (Lipinski definition) is 2. The summed E-state index contributed by atoms with van der Waals surface area (Å²) in [6, 6.07) is 7.65. The molecule has 0 aliphatic rings. The number of benzene rings is 1. The second-order valence-electron chi connectivity index (χ2n) is 4.37. The number of rotatable bonds is 6. The summed E-state index contributed by atoms with van der Waals surface area (Å²) in [5.41, 5.74) is 2.11. The average Bonchev–Trinajstić information content (AvgIpc) is 2.52. The van der Waals surface area contributed by atoms with Crippen LogP contribution in [0.2, 0.25) is 5.02 Å². The van der Waals surface area contributed by atoms with Gasteiger partial charge in [0.05, 0.1) is 0 Å². The normalized spacial score (nSPS) is 11.5. The van der Waals surface area contributed by atoms with Crippen molar-refractivity contribution < 1.29 is 4.74 Å². The number of nitrogens with one attached hydrogen (secondary N) is 1. The Hall–Kier alpha value is -1.51. The highest BCUT2D eigenvalue weighted by molar-refractivity contribution is 6.31. The first-order chi connectivity index (χ1) is 10.1. The fourth-order valence-electron chi connectivity index (χ4n) is 1.24. The molecule has 1 N–H and O–H groups in total. The lowest BCUT2D eigenvalue weighted by molar-refractivity contribution is 0.211. The van der Waals surface area contributed by atoms with E-state index < -0.39 is 0 Å². The Labute approximate surface area is 134 Å². The van der Waals surface area contributed by atoms with Crippen molar-refractivity contribution in [3.8, 4) is 0 Å². The first-order valence-corrected chi connectivity index (χ1v) is 7.44. The van der Waals surface area contributed by atoms with Gasteiger partial charge in [0.1, 0.15) is 12.4 Å². The summed E-state index contributed by atoms with van der Waals surface area (Å²) in [6.45, 7) is 11.3. The Morgan fingerprint density at radius 2 is 2.00 bits per heavy atom. The van der Waals surface area contributed by atoms with Crippen molar-refractivity contribution in [2.75, 3.05) is 13.6 Å². The van der Waals surface area contributed by atoms with Crippen LogP contribution in [-0.4, -0.2) is 13.6 Å². The minimum atomic E-state index is 0.453. The van der Waals surface area contributed by atoms with Gasteiger partial charge in [-0.2, -0.15) is 0 Å². The Bertz CT molecular complexity index is 476. The van der Waals surface area contributed by atoms with Gasteiger partial charge >= 0.3 is 0 Å². The molecule has 0 aliphatic carbocycles. The van der Waals surface area contributed by atoms with E-state index in [4.69, 9.17) is 16.3 Å². The van der Waals surface area contributed by atoms with Crippen molar-refractivity contribution in [3.63, 3.8) is 0 Å². The molecule has 0 saturated carbocycles. The van der Waals surface area contributed by atoms with Crippen LogP contribution in [0, 0.1) is 0 Å². The molecular weight excluding hydrogens is 282 g/mol. The van der Waals surface area contributed by atoms with E-state index in [-0.39, 0.29) is 0 Å². The van der Waals surface area contributed by atoms with E-state index in [2.05, 4.69) is 18.8 Å². The lowest BCUT2D eigenvalue weighted by Gasteiger charge is -2.08. The van der Waals surface area contributed by atoms with Crippen LogP contribution < -0.4 is 5.32 Å². The third kappa shape index (κ3) is 9.11. The molecule has 0 amide bonds. The molecule has 116 valence electrons. The summed E-state index contributed by atoms with van der Waals surface area (Å²) in [7, 11) is 1.93. The van der Waals surface area contributed by atoms with Crippen LogP contribution in [0.5, 0.6) is 0 Å². The molecule has 0 fully saturated rings. The standard InChI is InChI=1S/C15H17ClO.C3H9N/c1-4-12(3)10-14(5-2)17-11-13-8-6-7-9-15(13)16;1-3-4-2/h4-10H,2,11H2,1,3H3;4H,3H2,1-2H3/b12-4-,14-10+;. The van der Waals surface area contributed by atoms with Gasteiger partial charge in [-0.05, 0) is 45.7 Å². The van der Waals surface area contributed by atoms with Gasteiger partial charge in [0.2, 0.25) is 0 Å². The van der Waals surface area contributed by atoms with Crippen molar-refractivity contribution in [2.24, 2.45) is 0 Å². The highest BCUT2D eigenvalue weighted by Crippen LogP contribution is 2.17. The van der Waals surface area contributed by atoms with Crippen molar-refractivity contribution >= 4 is 11.6 Å². The molecule has 0 aromatic heterocycles. The topological polar surface area (TPSA) is 21.3 Å². The van der Waals surface area contributed by atoms with Crippen molar-refractivity contribution in [2.45, 2.75) is 27.4 Å². The van der Waals surface area contributed by atoms with Crippen LogP contribution in [0.4, 0.5) is 0 Å². The molecule has 0 unspecified atom stereocenters. The van der Waals surface area contributed by atoms with Crippen LogP contribution >= 0.6 is 11.6 Å². The van der Waals surface area contributed by atoms with E-state index in [0.29, 0.717) is 6.61 Å². The lowest BCUT2D eigenvalue weighted by Crippen LogP contribution is -2.01. The zero-order valence-electron chi connectivity index (χ0n) is 13.4. The molecule has 0 atom stereocenters. The van der Waals surface area contributed by atoms with Crippen LogP contribution in [0.1, 0.15) is 26.3 Å². The van der Waals surface area contributed by atoms with Gasteiger partial charge in [0.25, 0.3) is 0 Å². The zero-order chi connectivity index (χ0) is 16.1. The van der Waals surface area contributed by atoms with Gasteiger partial charge in [-0.25, -0.2) is 0 Å². The maximum Gasteiger partial charge on any atom is 0.119 e. The number of halogens is 1. The maximum atomic E-state index is 6.05. The molecule has 2 nitrogen and oxygen atoms in total. The Morgan fingerprint density at radius 1 is 1.38 bits per heavy atom. The van der Waals surface area contributed by atoms with Crippen molar-refractivity contribution in [1.82, 2.24) is 5.32 Å². The summed E-state index contributed by atoms with van der Waals surface area (Å²) >= 11 is 6.05. The molecule has 0 heterocycles. The second-order valence-corrected chi connectivity index (χ2v) is 4.78. The minimum Gasteiger partial charge on any atom is -0.489 e. The second kappa shape index (κ2) is 12.2. The highest BCUT2D eigenvalue weighted by atomic mass is 35.5. The van der Waals surface area contributed by atoms with E-state index in [1.54, 1.807) is 6.08 Å². The van der Waals surface area contributed by atoms with E-state index >= 15 is 0 Å². The largest absolute Gasteiger partial charge is 0.489 e. The van der Waals surface area contributed by atoms with E-state index in [9.17, 15) is 0 Å². The molecule has 21 heavy (non-hydrogen) atoms. The summed E-state index contributed by atoms with van der Waals surface area (Å²) in [6.07, 6.45) is 5.66. The molecule has 1 rings (SSSR count). The molecule has 0 radical (unpaired) electrons. The molecule has 1 aromatic carbocycles. The van der Waals surface area contributed by atoms with Crippen LogP contribution in [0.15, 0.2) is 60.4 Å². The van der Waals surface area contributed by atoms with E-state index in [1.807, 2.05) is 57.3 Å². The van der Waals surface area contributed by atoms with Crippen molar-refractivity contribution in [3.05, 3.63) is 71.0 Å². The third-order valence-corrected chi connectivity index (χ3v) is 3.10. The van der Waals surface area contributed by atoms with Gasteiger partial charge in [-0.1, -0.05) is 55.0 Å².